The summed E-state index contributed by atoms with van der Waals surface area (Å²) in [6.45, 7) is 10.4. The summed E-state index contributed by atoms with van der Waals surface area (Å²) < 4.78 is 18.2. The number of ether oxygens (including phenoxy) is 1. The largest absolute Gasteiger partial charge is 0.444 e. The van der Waals surface area contributed by atoms with Gasteiger partial charge in [0.2, 0.25) is 0 Å². The first-order valence-corrected chi connectivity index (χ1v) is 8.71. The van der Waals surface area contributed by atoms with Gasteiger partial charge in [0.05, 0.1) is 5.54 Å². The lowest BCUT2D eigenvalue weighted by Gasteiger charge is -2.29. The highest BCUT2D eigenvalue weighted by molar-refractivity contribution is 14.0. The predicted molar refractivity (Wildman–Crippen MR) is 118 cm³/mol. The highest BCUT2D eigenvalue weighted by atomic mass is 127. The molecule has 3 N–H and O–H groups in total. The molecule has 0 spiro atoms. The Morgan fingerprint density at radius 1 is 1.11 bits per heavy atom. The summed E-state index contributed by atoms with van der Waals surface area (Å²) in [6, 6.07) is 6.43. The van der Waals surface area contributed by atoms with Crippen LogP contribution < -0.4 is 16.0 Å². The van der Waals surface area contributed by atoms with Crippen LogP contribution in [0.25, 0.3) is 0 Å². The molecule has 0 bridgehead atoms. The Hall–Kier alpha value is -1.58. The van der Waals surface area contributed by atoms with Crippen molar-refractivity contribution in [3.63, 3.8) is 0 Å². The van der Waals surface area contributed by atoms with E-state index in [1.54, 1.807) is 19.2 Å². The number of amides is 1. The molecule has 0 atom stereocenters. The van der Waals surface area contributed by atoms with Crippen LogP contribution in [0.15, 0.2) is 29.3 Å². The van der Waals surface area contributed by atoms with E-state index in [4.69, 9.17) is 4.74 Å². The lowest BCUT2D eigenvalue weighted by molar-refractivity contribution is 0.0474. The van der Waals surface area contributed by atoms with E-state index >= 15 is 0 Å². The van der Waals surface area contributed by atoms with Crippen LogP contribution in [0.2, 0.25) is 0 Å². The van der Waals surface area contributed by atoms with Crippen molar-refractivity contribution in [2.75, 3.05) is 20.1 Å². The number of aliphatic imine (C=N–C) groups is 1. The Bertz CT molecular complexity index is 613. The number of alkyl carbamates (subject to hydrolysis) is 1. The minimum absolute atomic E-state index is 0. The zero-order valence-corrected chi connectivity index (χ0v) is 19.3. The van der Waals surface area contributed by atoms with Gasteiger partial charge in [0.15, 0.2) is 5.96 Å². The topological polar surface area (TPSA) is 74.8 Å². The van der Waals surface area contributed by atoms with Crippen LogP contribution in [0.5, 0.6) is 0 Å². The predicted octanol–water partition coefficient (Wildman–Crippen LogP) is 3.45. The standard InChI is InChI=1S/C19H31FN4O2.HI/c1-18(2,3)26-17(25)24-19(4,5)13-23-16(21-6)22-12-11-14-7-9-15(20)10-8-14;/h7-10H,11-13H2,1-6H3,(H,24,25)(H2,21,22,23);1H. The maximum absolute atomic E-state index is 12.9. The second-order valence-electron chi connectivity index (χ2n) is 7.74. The monoisotopic (exact) mass is 494 g/mol. The molecule has 1 amide bonds. The fraction of sp³-hybridized carbons (Fsp3) is 0.579. The van der Waals surface area contributed by atoms with Gasteiger partial charge in [0.1, 0.15) is 11.4 Å². The molecule has 0 aromatic heterocycles. The number of rotatable bonds is 6. The third-order valence-electron chi connectivity index (χ3n) is 3.38. The van der Waals surface area contributed by atoms with Crippen LogP contribution in [-0.4, -0.2) is 43.3 Å². The SMILES string of the molecule is CN=C(NCCc1ccc(F)cc1)NCC(C)(C)NC(=O)OC(C)(C)C.I. The van der Waals surface area contributed by atoms with Gasteiger partial charge in [-0.25, -0.2) is 9.18 Å². The lowest BCUT2D eigenvalue weighted by atomic mass is 10.1. The normalized spacial score (nSPS) is 12.0. The molecule has 0 heterocycles. The van der Waals surface area contributed by atoms with Gasteiger partial charge in [-0.3, -0.25) is 4.99 Å². The van der Waals surface area contributed by atoms with Crippen molar-refractivity contribution in [1.82, 2.24) is 16.0 Å². The summed E-state index contributed by atoms with van der Waals surface area (Å²) in [5.41, 5.74) is -0.0103. The van der Waals surface area contributed by atoms with Gasteiger partial charge in [-0.05, 0) is 58.7 Å². The quantitative estimate of drug-likeness (QED) is 0.322. The molecule has 0 aliphatic carbocycles. The number of halogens is 2. The van der Waals surface area contributed by atoms with Crippen molar-refractivity contribution in [1.29, 1.82) is 0 Å². The zero-order valence-electron chi connectivity index (χ0n) is 17.0. The van der Waals surface area contributed by atoms with Crippen LogP contribution in [0.4, 0.5) is 9.18 Å². The summed E-state index contributed by atoms with van der Waals surface area (Å²) in [7, 11) is 1.68. The molecular weight excluding hydrogens is 462 g/mol. The lowest BCUT2D eigenvalue weighted by Crippen LogP contribution is -2.54. The Kier molecular flexibility index (Phi) is 10.6. The zero-order chi connectivity index (χ0) is 19.8. The fourth-order valence-electron chi connectivity index (χ4n) is 2.13. The summed E-state index contributed by atoms with van der Waals surface area (Å²) in [6.07, 6.45) is 0.295. The molecule has 0 aliphatic rings. The third-order valence-corrected chi connectivity index (χ3v) is 3.38. The summed E-state index contributed by atoms with van der Waals surface area (Å²) >= 11 is 0. The van der Waals surface area contributed by atoms with Gasteiger partial charge < -0.3 is 20.7 Å². The molecule has 1 aromatic rings. The number of carbonyl (C=O) groups excluding carboxylic acids is 1. The smallest absolute Gasteiger partial charge is 0.408 e. The number of nitrogens with one attached hydrogen (secondary N) is 3. The van der Waals surface area contributed by atoms with E-state index in [1.165, 1.54) is 12.1 Å². The Labute approximate surface area is 178 Å². The van der Waals surface area contributed by atoms with Gasteiger partial charge >= 0.3 is 6.09 Å². The van der Waals surface area contributed by atoms with Gasteiger partial charge in [-0.15, -0.1) is 24.0 Å². The molecule has 1 rings (SSSR count). The third kappa shape index (κ3) is 11.7. The fourth-order valence-corrected chi connectivity index (χ4v) is 2.13. The molecule has 0 saturated heterocycles. The van der Waals surface area contributed by atoms with Crippen LogP contribution in [0, 0.1) is 5.82 Å². The van der Waals surface area contributed by atoms with Crippen molar-refractivity contribution < 1.29 is 13.9 Å². The highest BCUT2D eigenvalue weighted by Gasteiger charge is 2.24. The van der Waals surface area contributed by atoms with Crippen molar-refractivity contribution in [3.05, 3.63) is 35.6 Å². The number of hydrogen-bond donors (Lipinski definition) is 3. The molecule has 1 aromatic carbocycles. The van der Waals surface area contributed by atoms with Gasteiger partial charge in [-0.1, -0.05) is 12.1 Å². The summed E-state index contributed by atoms with van der Waals surface area (Å²) in [5, 5.41) is 9.22. The molecule has 6 nitrogen and oxygen atoms in total. The van der Waals surface area contributed by atoms with E-state index in [0.717, 1.165) is 12.0 Å². The van der Waals surface area contributed by atoms with Crippen molar-refractivity contribution in [3.8, 4) is 0 Å². The van der Waals surface area contributed by atoms with Crippen molar-refractivity contribution in [2.45, 2.75) is 52.2 Å². The average molecular weight is 494 g/mol. The Balaban J connectivity index is 0.00000676. The van der Waals surface area contributed by atoms with E-state index in [9.17, 15) is 9.18 Å². The Morgan fingerprint density at radius 3 is 2.22 bits per heavy atom. The average Bonchev–Trinajstić information content (AvgIpc) is 2.50. The van der Waals surface area contributed by atoms with Gasteiger partial charge in [-0.2, -0.15) is 0 Å². The van der Waals surface area contributed by atoms with E-state index in [-0.39, 0.29) is 29.8 Å². The second kappa shape index (κ2) is 11.3. The number of nitrogens with zero attached hydrogens (tertiary/aromatic N) is 1. The van der Waals surface area contributed by atoms with E-state index in [2.05, 4.69) is 20.9 Å². The minimum atomic E-state index is -0.536. The van der Waals surface area contributed by atoms with Crippen molar-refractivity contribution >= 4 is 36.0 Å². The Morgan fingerprint density at radius 2 is 1.70 bits per heavy atom. The molecule has 154 valence electrons. The van der Waals surface area contributed by atoms with Gasteiger partial charge in [0, 0.05) is 20.1 Å². The number of hydrogen-bond acceptors (Lipinski definition) is 3. The first kappa shape index (κ1) is 25.4. The molecule has 8 heteroatoms. The molecule has 0 saturated carbocycles. The maximum atomic E-state index is 12.9. The van der Waals surface area contributed by atoms with Crippen LogP contribution >= 0.6 is 24.0 Å². The van der Waals surface area contributed by atoms with Crippen molar-refractivity contribution in [2.24, 2.45) is 4.99 Å². The number of guanidine groups is 1. The minimum Gasteiger partial charge on any atom is -0.444 e. The van der Waals surface area contributed by atoms with Crippen LogP contribution in [0.1, 0.15) is 40.2 Å². The molecule has 0 fully saturated rings. The molecular formula is C19H32FIN4O2. The molecule has 0 radical (unpaired) electrons. The highest BCUT2D eigenvalue weighted by Crippen LogP contribution is 2.09. The second-order valence-corrected chi connectivity index (χ2v) is 7.74. The number of carbonyl (C=O) groups is 1. The molecule has 0 unspecified atom stereocenters. The summed E-state index contributed by atoms with van der Waals surface area (Å²) in [4.78, 5) is 16.1. The van der Waals surface area contributed by atoms with Gasteiger partial charge in [0.25, 0.3) is 0 Å². The van der Waals surface area contributed by atoms with E-state index < -0.39 is 17.2 Å². The van der Waals surface area contributed by atoms with Crippen LogP contribution in [0.3, 0.4) is 0 Å². The summed E-state index contributed by atoms with van der Waals surface area (Å²) in [5.74, 6) is 0.394. The van der Waals surface area contributed by atoms with E-state index in [1.807, 2.05) is 34.6 Å². The first-order chi connectivity index (χ1) is 12.0. The molecule has 27 heavy (non-hydrogen) atoms. The first-order valence-electron chi connectivity index (χ1n) is 8.71. The maximum Gasteiger partial charge on any atom is 0.408 e. The molecule has 0 aliphatic heterocycles. The van der Waals surface area contributed by atoms with Crippen LogP contribution in [-0.2, 0) is 11.2 Å². The van der Waals surface area contributed by atoms with E-state index in [0.29, 0.717) is 19.0 Å². The number of benzene rings is 1.